The predicted octanol–water partition coefficient (Wildman–Crippen LogP) is 13.0. The van der Waals surface area contributed by atoms with E-state index in [-0.39, 0.29) is 55.6 Å². The van der Waals surface area contributed by atoms with E-state index in [1.54, 1.807) is 34.9 Å². The number of carbonyl (C=O) groups is 5. The fourth-order valence-corrected chi connectivity index (χ4v) is 14.0. The van der Waals surface area contributed by atoms with Crippen LogP contribution in [-0.4, -0.2) is 185 Å². The Morgan fingerprint density at radius 1 is 0.633 bits per heavy atom. The molecular formula is C75H87F7N8O8. The number of likely N-dealkylation sites (N-methyl/N-ethyl adjacent to an activating group) is 2. The van der Waals surface area contributed by atoms with Gasteiger partial charge in [0.25, 0.3) is 11.8 Å². The number of nitrogens with zero attached hydrogens (tertiary/aromatic N) is 7. The van der Waals surface area contributed by atoms with Crippen molar-refractivity contribution in [2.75, 3.05) is 124 Å². The minimum absolute atomic E-state index is 0.0280. The summed E-state index contributed by atoms with van der Waals surface area (Å²) in [6, 6.07) is 39.5. The summed E-state index contributed by atoms with van der Waals surface area (Å²) in [5, 5.41) is 2.93. The summed E-state index contributed by atoms with van der Waals surface area (Å²) in [7, 11) is 7.31. The lowest BCUT2D eigenvalue weighted by atomic mass is 9.72. The minimum Gasteiger partial charge on any atom is -0.446 e. The summed E-state index contributed by atoms with van der Waals surface area (Å²) >= 11 is 0. The number of rotatable bonds is 26. The smallest absolute Gasteiger partial charge is 0.416 e. The molecule has 0 aromatic heterocycles. The number of likely N-dealkylation sites (tertiary alicyclic amines) is 2. The van der Waals surface area contributed by atoms with Crippen molar-refractivity contribution < 1.29 is 68.9 Å². The highest BCUT2D eigenvalue weighted by Crippen LogP contribution is 2.49. The second-order valence-electron chi connectivity index (χ2n) is 26.5. The number of hydrogen-bond donors (Lipinski definition) is 1. The van der Waals surface area contributed by atoms with Crippen LogP contribution in [0.25, 0.3) is 11.1 Å². The average Bonchev–Trinajstić information content (AvgIpc) is 1.60. The SMILES string of the molecule is CN(CCN1CCC(OC(=O)Nc2ccccc2-c2ccccc2)CC1)C(=O)CCCCCN(C)c1cccc(C(=O)N(C)CCCN(C)C(=O)CO[C@H]2Cc3ccccc3C23CCN(CC[C@@]2(c4ccc(F)cc4)CN(C(=O)c4cc(C(F)(F)F)cc(C(F)(F)F)c4)CO2)CC3)c1. The molecule has 3 fully saturated rings. The Morgan fingerprint density at radius 3 is 2.00 bits per heavy atom. The van der Waals surface area contributed by atoms with E-state index in [9.17, 15) is 54.7 Å². The van der Waals surface area contributed by atoms with Crippen LogP contribution in [0.2, 0.25) is 0 Å². The number of carbonyl (C=O) groups excluding carboxylic acids is 5. The zero-order valence-corrected chi connectivity index (χ0v) is 56.0. The first-order valence-electron chi connectivity index (χ1n) is 33.7. The first-order valence-corrected chi connectivity index (χ1v) is 33.7. The number of hydrogen-bond acceptors (Lipinski definition) is 11. The Balaban J connectivity index is 0.620. The molecule has 0 unspecified atom stereocenters. The number of ether oxygens (including phenoxy) is 3. The van der Waals surface area contributed by atoms with Gasteiger partial charge in [-0.1, -0.05) is 97.4 Å². The number of para-hydroxylation sites is 1. The first kappa shape index (κ1) is 72.4. The van der Waals surface area contributed by atoms with Gasteiger partial charge in [-0.05, 0) is 148 Å². The van der Waals surface area contributed by atoms with Gasteiger partial charge in [-0.15, -0.1) is 0 Å². The van der Waals surface area contributed by atoms with Crippen LogP contribution in [0.1, 0.15) is 113 Å². The maximum atomic E-state index is 14.3. The van der Waals surface area contributed by atoms with Gasteiger partial charge in [0.15, 0.2) is 0 Å². The fourth-order valence-electron chi connectivity index (χ4n) is 14.0. The van der Waals surface area contributed by atoms with Gasteiger partial charge >= 0.3 is 18.4 Å². The number of anilines is 2. The van der Waals surface area contributed by atoms with Crippen LogP contribution in [0.4, 0.5) is 46.9 Å². The summed E-state index contributed by atoms with van der Waals surface area (Å²) < 4.78 is 116. The lowest BCUT2D eigenvalue weighted by molar-refractivity contribution is -0.143. The van der Waals surface area contributed by atoms with Gasteiger partial charge in [0.1, 0.15) is 30.9 Å². The van der Waals surface area contributed by atoms with E-state index in [1.807, 2.05) is 99.0 Å². The number of unbranched alkanes of at least 4 members (excludes halogenated alkanes) is 2. The third-order valence-electron chi connectivity index (χ3n) is 19.9. The number of amides is 5. The van der Waals surface area contributed by atoms with Crippen LogP contribution in [0.15, 0.2) is 146 Å². The zero-order valence-electron chi connectivity index (χ0n) is 56.0. The number of benzene rings is 6. The van der Waals surface area contributed by atoms with E-state index in [0.717, 1.165) is 91.1 Å². The average molecular weight is 1360 g/mol. The summed E-state index contributed by atoms with van der Waals surface area (Å²) in [5.41, 5.74) is 1.20. The molecule has 3 saturated heterocycles. The van der Waals surface area contributed by atoms with Crippen LogP contribution in [-0.2, 0) is 53.6 Å². The van der Waals surface area contributed by atoms with Gasteiger partial charge in [0.05, 0.1) is 29.5 Å². The predicted molar refractivity (Wildman–Crippen MR) is 360 cm³/mol. The van der Waals surface area contributed by atoms with Crippen molar-refractivity contribution in [2.24, 2.45) is 0 Å². The molecule has 1 spiro atoms. The minimum atomic E-state index is -5.15. The van der Waals surface area contributed by atoms with E-state index >= 15 is 0 Å². The molecule has 3 aliphatic heterocycles. The number of fused-ring (bicyclic) bond motifs is 2. The fraction of sp³-hybridized carbons (Fsp3) is 0.453. The van der Waals surface area contributed by atoms with Crippen molar-refractivity contribution in [1.29, 1.82) is 0 Å². The zero-order chi connectivity index (χ0) is 69.8. The van der Waals surface area contributed by atoms with E-state index in [0.29, 0.717) is 100 Å². The van der Waals surface area contributed by atoms with Crippen molar-refractivity contribution >= 4 is 41.1 Å². The normalized spacial score (nSPS) is 18.1. The molecule has 6 aromatic rings. The van der Waals surface area contributed by atoms with Crippen molar-refractivity contribution in [3.63, 3.8) is 0 Å². The molecule has 6 aromatic carbocycles. The molecular weight excluding hydrogens is 1270 g/mol. The number of piperidine rings is 2. The lowest BCUT2D eigenvalue weighted by Gasteiger charge is -2.44. The van der Waals surface area contributed by atoms with E-state index in [4.69, 9.17) is 14.2 Å². The molecule has 1 aliphatic carbocycles. The van der Waals surface area contributed by atoms with Crippen molar-refractivity contribution in [3.8, 4) is 11.1 Å². The quantitative estimate of drug-likeness (QED) is 0.0409. The van der Waals surface area contributed by atoms with Gasteiger partial charge in [0, 0.05) is 115 Å². The maximum absolute atomic E-state index is 14.3. The molecule has 98 heavy (non-hydrogen) atoms. The highest BCUT2D eigenvalue weighted by atomic mass is 19.4. The molecule has 23 heteroatoms. The maximum Gasteiger partial charge on any atom is 0.416 e. The number of alkyl halides is 6. The lowest BCUT2D eigenvalue weighted by Crippen LogP contribution is -2.50. The number of halogens is 7. The Kier molecular flexibility index (Phi) is 23.7. The first-order chi connectivity index (χ1) is 46.9. The molecule has 10 rings (SSSR count). The highest BCUT2D eigenvalue weighted by molar-refractivity contribution is 5.96. The summed E-state index contributed by atoms with van der Waals surface area (Å²) in [5.74, 6) is -1.83. The van der Waals surface area contributed by atoms with Gasteiger partial charge in [-0.3, -0.25) is 24.5 Å². The van der Waals surface area contributed by atoms with E-state index in [2.05, 4.69) is 32.1 Å². The molecule has 0 saturated carbocycles. The molecule has 2 atom stereocenters. The topological polar surface area (TPSA) is 148 Å². The summed E-state index contributed by atoms with van der Waals surface area (Å²) in [6.45, 7) is 5.30. The molecule has 5 amide bonds. The van der Waals surface area contributed by atoms with Gasteiger partial charge in [-0.25, -0.2) is 9.18 Å². The van der Waals surface area contributed by atoms with Crippen LogP contribution in [0, 0.1) is 5.82 Å². The van der Waals surface area contributed by atoms with Crippen molar-refractivity contribution in [1.82, 2.24) is 29.4 Å². The van der Waals surface area contributed by atoms with E-state index < -0.39 is 64.6 Å². The molecule has 0 radical (unpaired) electrons. The Morgan fingerprint density at radius 2 is 1.29 bits per heavy atom. The highest BCUT2D eigenvalue weighted by Gasteiger charge is 2.50. The standard InChI is InChI=1S/C75H87F7N8O8/c1-84(35-14-6-9-25-67(91)86(3)43-44-88-38-30-62(31-39-88)98-71(95)83-65-24-13-11-22-63(65)53-17-7-5-8-18-53)61-21-15-20-55(47-61)69(93)87(4)37-16-36-85(2)68(92)50-96-66-48-54-19-10-12-23-64(54)72(66)32-40-89(41-33-72)42-34-73(57-26-28-60(76)29-27-57)51-90(52-97-73)70(94)56-45-58(74(77,78)79)49-59(46-56)75(80,81)82/h5,7-8,10-13,15,17-24,26-29,45-47,49,62,66H,6,9,14,16,25,30-44,48,50-52H2,1-4H3,(H,83,95)/t66-,73-/m0/s1. The van der Waals surface area contributed by atoms with Gasteiger partial charge < -0.3 is 48.5 Å². The third kappa shape index (κ3) is 18.1. The van der Waals surface area contributed by atoms with Crippen LogP contribution in [0.3, 0.4) is 0 Å². The van der Waals surface area contributed by atoms with Crippen molar-refractivity contribution in [2.45, 2.75) is 106 Å². The molecule has 4 aliphatic rings. The Labute approximate surface area is 568 Å². The molecule has 524 valence electrons. The largest absolute Gasteiger partial charge is 0.446 e. The molecule has 16 nitrogen and oxygen atoms in total. The van der Waals surface area contributed by atoms with Gasteiger partial charge in [0.2, 0.25) is 11.8 Å². The van der Waals surface area contributed by atoms with Crippen LogP contribution in [0.5, 0.6) is 0 Å². The molecule has 3 heterocycles. The molecule has 0 bridgehead atoms. The van der Waals surface area contributed by atoms with Crippen LogP contribution < -0.4 is 10.2 Å². The monoisotopic (exact) mass is 1360 g/mol. The Bertz CT molecular complexity index is 3680. The van der Waals surface area contributed by atoms with Gasteiger partial charge in [-0.2, -0.15) is 26.3 Å². The number of nitrogens with one attached hydrogen (secondary N) is 1. The third-order valence-corrected chi connectivity index (χ3v) is 19.9. The van der Waals surface area contributed by atoms with Crippen LogP contribution >= 0.6 is 0 Å². The van der Waals surface area contributed by atoms with Crippen molar-refractivity contribution in [3.05, 3.63) is 190 Å². The second-order valence-corrected chi connectivity index (χ2v) is 26.5. The second kappa shape index (κ2) is 32.1. The summed E-state index contributed by atoms with van der Waals surface area (Å²) in [4.78, 5) is 80.0. The Hall–Kier alpha value is -8.38. The molecule has 1 N–H and O–H groups in total. The summed E-state index contributed by atoms with van der Waals surface area (Å²) in [6.07, 6.45) is -4.10. The van der Waals surface area contributed by atoms with E-state index in [1.165, 1.54) is 24.3 Å².